The van der Waals surface area contributed by atoms with Crippen LogP contribution in [-0.4, -0.2) is 76.8 Å². The van der Waals surface area contributed by atoms with Crippen LogP contribution in [0.2, 0.25) is 0 Å². The Bertz CT molecular complexity index is 724. The molecule has 1 aromatic rings. The van der Waals surface area contributed by atoms with E-state index in [0.29, 0.717) is 5.95 Å². The van der Waals surface area contributed by atoms with Gasteiger partial charge in [-0.3, -0.25) is 0 Å². The van der Waals surface area contributed by atoms with Crippen LogP contribution in [-0.2, 0) is 23.8 Å². The summed E-state index contributed by atoms with van der Waals surface area (Å²) in [7, 11) is 0.312. The Morgan fingerprint density at radius 1 is 1.14 bits per heavy atom. The highest BCUT2D eigenvalue weighted by molar-refractivity contribution is 7.83. The lowest BCUT2D eigenvalue weighted by Gasteiger charge is -2.33. The van der Waals surface area contributed by atoms with Crippen molar-refractivity contribution in [1.82, 2.24) is 19.6 Å². The predicted molar refractivity (Wildman–Crippen MR) is 109 cm³/mol. The van der Waals surface area contributed by atoms with E-state index in [9.17, 15) is 17.4 Å². The van der Waals surface area contributed by atoms with Crippen LogP contribution in [0.3, 0.4) is 0 Å². The molecule has 0 amide bonds. The predicted octanol–water partition coefficient (Wildman–Crippen LogP) is 1.72. The number of hydrogen-bond donors (Lipinski definition) is 2. The van der Waals surface area contributed by atoms with Crippen LogP contribution < -0.4 is 14.9 Å². The topological polar surface area (TPSA) is 73.4 Å². The monoisotopic (exact) mass is 434 g/mol. The number of halogens is 3. The molecule has 1 fully saturated rings. The molecule has 2 aliphatic rings. The minimum atomic E-state index is -4.41. The van der Waals surface area contributed by atoms with Gasteiger partial charge in [0, 0.05) is 38.3 Å². The van der Waals surface area contributed by atoms with E-state index in [-0.39, 0.29) is 12.3 Å². The van der Waals surface area contributed by atoms with Gasteiger partial charge in [-0.15, -0.1) is 0 Å². The number of alkyl halides is 3. The van der Waals surface area contributed by atoms with E-state index in [1.807, 2.05) is 0 Å². The quantitative estimate of drug-likeness (QED) is 0.681. The first-order valence-corrected chi connectivity index (χ1v) is 11.3. The summed E-state index contributed by atoms with van der Waals surface area (Å²) in [6, 6.07) is -1.81. The molecule has 0 bridgehead atoms. The van der Waals surface area contributed by atoms with Crippen LogP contribution in [0, 0.1) is 0 Å². The number of likely N-dealkylation sites (N-methyl/N-ethyl adjacent to an activating group) is 1. The van der Waals surface area contributed by atoms with Crippen LogP contribution in [0.25, 0.3) is 0 Å². The van der Waals surface area contributed by atoms with Gasteiger partial charge in [0.25, 0.3) is 0 Å². The Balaban J connectivity index is 1.65. The van der Waals surface area contributed by atoms with E-state index in [1.165, 1.54) is 0 Å². The molecule has 0 radical (unpaired) electrons. The van der Waals surface area contributed by atoms with Crippen molar-refractivity contribution in [2.24, 2.45) is 0 Å². The molecule has 2 N–H and O–H groups in total. The summed E-state index contributed by atoms with van der Waals surface area (Å²) >= 11 is 0. The Kier molecular flexibility index (Phi) is 7.33. The molecule has 29 heavy (non-hydrogen) atoms. The third kappa shape index (κ3) is 6.02. The van der Waals surface area contributed by atoms with E-state index in [4.69, 9.17) is 9.97 Å². The molecular formula is C18H29F3N6OS. The lowest BCUT2D eigenvalue weighted by atomic mass is 9.96. The van der Waals surface area contributed by atoms with Crippen molar-refractivity contribution in [2.45, 2.75) is 44.8 Å². The number of rotatable bonds is 7. The molecule has 1 aromatic heterocycles. The van der Waals surface area contributed by atoms with E-state index in [0.717, 1.165) is 75.9 Å². The van der Waals surface area contributed by atoms with Crippen molar-refractivity contribution < 1.29 is 17.4 Å². The van der Waals surface area contributed by atoms with E-state index in [2.05, 4.69) is 26.9 Å². The van der Waals surface area contributed by atoms with Gasteiger partial charge in [0.15, 0.2) is 0 Å². The van der Waals surface area contributed by atoms with Crippen molar-refractivity contribution in [1.29, 1.82) is 0 Å². The van der Waals surface area contributed by atoms with Gasteiger partial charge in [-0.1, -0.05) is 0 Å². The number of aromatic nitrogens is 2. The summed E-state index contributed by atoms with van der Waals surface area (Å²) in [4.78, 5) is 13.9. The third-order valence-corrected chi connectivity index (χ3v) is 6.53. The van der Waals surface area contributed by atoms with Gasteiger partial charge in [-0.05, 0) is 39.7 Å². The minimum Gasteiger partial charge on any atom is -0.369 e. The van der Waals surface area contributed by atoms with E-state index >= 15 is 0 Å². The molecule has 164 valence electrons. The van der Waals surface area contributed by atoms with Crippen molar-refractivity contribution in [2.75, 3.05) is 55.7 Å². The molecule has 2 heterocycles. The minimum absolute atomic E-state index is 0.0586. The number of hydrogen-bond acceptors (Lipinski definition) is 6. The SMILES string of the molecule is CC(NS(=O)CCNc1nc(N2CCN(C)CC2)nc2c1CCCC2)C(F)(F)F. The standard InChI is InChI=1S/C18H29F3N6OS/c1-13(18(19,20)21)25-29(28)12-7-22-16-14-5-3-4-6-15(14)23-17(24-16)27-10-8-26(2)9-11-27/h13,25H,3-12H2,1-2H3,(H,22,23,24). The molecule has 2 atom stereocenters. The molecule has 11 heteroatoms. The van der Waals surface area contributed by atoms with Gasteiger partial charge < -0.3 is 15.1 Å². The second-order valence-electron chi connectivity index (χ2n) is 7.65. The number of aryl methyl sites for hydroxylation is 1. The van der Waals surface area contributed by atoms with Crippen molar-refractivity contribution >= 4 is 22.8 Å². The van der Waals surface area contributed by atoms with Crippen LogP contribution in [0.1, 0.15) is 31.0 Å². The van der Waals surface area contributed by atoms with Gasteiger partial charge in [-0.25, -0.2) is 13.9 Å². The first kappa shape index (κ1) is 22.2. The van der Waals surface area contributed by atoms with Crippen molar-refractivity contribution in [3.8, 4) is 0 Å². The summed E-state index contributed by atoms with van der Waals surface area (Å²) in [6.07, 6.45) is -0.465. The zero-order valence-electron chi connectivity index (χ0n) is 16.9. The Hall–Kier alpha value is -1.46. The van der Waals surface area contributed by atoms with Crippen LogP contribution in [0.5, 0.6) is 0 Å². The smallest absolute Gasteiger partial charge is 0.369 e. The van der Waals surface area contributed by atoms with Crippen LogP contribution >= 0.6 is 0 Å². The average molecular weight is 435 g/mol. The first-order valence-electron chi connectivity index (χ1n) is 10.0. The Morgan fingerprint density at radius 3 is 2.52 bits per heavy atom. The number of piperazine rings is 1. The number of fused-ring (bicyclic) bond motifs is 1. The van der Waals surface area contributed by atoms with Gasteiger partial charge in [0.05, 0.1) is 22.4 Å². The highest BCUT2D eigenvalue weighted by Gasteiger charge is 2.36. The Labute approximate surface area is 172 Å². The fourth-order valence-electron chi connectivity index (χ4n) is 3.46. The molecule has 2 unspecified atom stereocenters. The second-order valence-corrected chi connectivity index (χ2v) is 8.99. The zero-order valence-corrected chi connectivity index (χ0v) is 17.7. The first-order chi connectivity index (χ1) is 13.7. The highest BCUT2D eigenvalue weighted by Crippen LogP contribution is 2.28. The second kappa shape index (κ2) is 9.57. The van der Waals surface area contributed by atoms with E-state index < -0.39 is 23.2 Å². The maximum absolute atomic E-state index is 12.6. The summed E-state index contributed by atoms with van der Waals surface area (Å²) in [6.45, 7) is 4.86. The molecule has 0 aromatic carbocycles. The molecule has 1 saturated heterocycles. The molecule has 1 aliphatic heterocycles. The molecule has 1 aliphatic carbocycles. The van der Waals surface area contributed by atoms with Gasteiger partial charge in [0.1, 0.15) is 11.9 Å². The van der Waals surface area contributed by atoms with Gasteiger partial charge in [-0.2, -0.15) is 18.2 Å². The average Bonchev–Trinajstić information content (AvgIpc) is 2.67. The fourth-order valence-corrected chi connectivity index (χ4v) is 4.39. The van der Waals surface area contributed by atoms with Crippen molar-refractivity contribution in [3.05, 3.63) is 11.3 Å². The summed E-state index contributed by atoms with van der Waals surface area (Å²) in [5.41, 5.74) is 2.13. The fraction of sp³-hybridized carbons (Fsp3) is 0.778. The summed E-state index contributed by atoms with van der Waals surface area (Å²) < 4.78 is 51.8. The number of anilines is 2. The number of nitrogens with zero attached hydrogens (tertiary/aromatic N) is 4. The zero-order chi connectivity index (χ0) is 21.0. The van der Waals surface area contributed by atoms with Crippen LogP contribution in [0.15, 0.2) is 0 Å². The van der Waals surface area contributed by atoms with Gasteiger partial charge >= 0.3 is 6.18 Å². The van der Waals surface area contributed by atoms with Gasteiger partial charge in [0.2, 0.25) is 5.95 Å². The molecule has 7 nitrogen and oxygen atoms in total. The Morgan fingerprint density at radius 2 is 1.83 bits per heavy atom. The van der Waals surface area contributed by atoms with Crippen molar-refractivity contribution in [3.63, 3.8) is 0 Å². The summed E-state index contributed by atoms with van der Waals surface area (Å²) in [5.74, 6) is 1.49. The molecule has 0 spiro atoms. The largest absolute Gasteiger partial charge is 0.404 e. The maximum atomic E-state index is 12.6. The van der Waals surface area contributed by atoms with Crippen LogP contribution in [0.4, 0.5) is 24.9 Å². The third-order valence-electron chi connectivity index (χ3n) is 5.34. The lowest BCUT2D eigenvalue weighted by molar-refractivity contribution is -0.146. The normalized spacial score (nSPS) is 20.2. The number of nitrogens with one attached hydrogen (secondary N) is 2. The lowest BCUT2D eigenvalue weighted by Crippen LogP contribution is -2.45. The van der Waals surface area contributed by atoms with E-state index in [1.54, 1.807) is 0 Å². The molecule has 0 saturated carbocycles. The highest BCUT2D eigenvalue weighted by atomic mass is 32.2. The molecular weight excluding hydrogens is 405 g/mol. The molecule has 3 rings (SSSR count). The summed E-state index contributed by atoms with van der Waals surface area (Å²) in [5, 5.41) is 3.20. The maximum Gasteiger partial charge on any atom is 0.404 e.